The van der Waals surface area contributed by atoms with Gasteiger partial charge >= 0.3 is 12.1 Å². The summed E-state index contributed by atoms with van der Waals surface area (Å²) in [6, 6.07) is 21.2. The zero-order valence-corrected chi connectivity index (χ0v) is 29.2. The average Bonchev–Trinajstić information content (AvgIpc) is 3.15. The highest BCUT2D eigenvalue weighted by Crippen LogP contribution is 2.36. The van der Waals surface area contributed by atoms with Crippen molar-refractivity contribution in [3.8, 4) is 17.6 Å². The average molecular weight is 717 g/mol. The van der Waals surface area contributed by atoms with Gasteiger partial charge in [0, 0.05) is 18.5 Å². The van der Waals surface area contributed by atoms with E-state index in [2.05, 4.69) is 16.0 Å². The molecule has 4 heterocycles. The lowest BCUT2D eigenvalue weighted by atomic mass is 9.86. The second-order valence-corrected chi connectivity index (χ2v) is 13.1. The summed E-state index contributed by atoms with van der Waals surface area (Å²) in [5.74, 6) is 0.766. The van der Waals surface area contributed by atoms with E-state index in [1.165, 1.54) is 12.0 Å². The van der Waals surface area contributed by atoms with Gasteiger partial charge in [0.15, 0.2) is 23.9 Å². The molecule has 1 N–H and O–H groups in total. The van der Waals surface area contributed by atoms with Gasteiger partial charge < -0.3 is 18.9 Å². The summed E-state index contributed by atoms with van der Waals surface area (Å²) in [5, 5.41) is 10.6. The maximum Gasteiger partial charge on any atom is 0.414 e. The number of nitriles is 1. The number of anilines is 1. The third kappa shape index (κ3) is 7.81. The van der Waals surface area contributed by atoms with E-state index in [0.29, 0.717) is 61.9 Å². The number of nitrogens with zero attached hydrogens (tertiary/aromatic N) is 3. The highest BCUT2D eigenvalue weighted by molar-refractivity contribution is 6.35. The molecule has 0 unspecified atom stereocenters. The Hall–Kier alpha value is -4.82. The fourth-order valence-electron chi connectivity index (χ4n) is 6.55. The number of rotatable bonds is 11. The molecule has 50 heavy (non-hydrogen) atoms. The van der Waals surface area contributed by atoms with Crippen LogP contribution in [-0.4, -0.2) is 56.9 Å². The van der Waals surface area contributed by atoms with E-state index in [1.807, 2.05) is 0 Å². The highest BCUT2D eigenvalue weighted by Gasteiger charge is 2.37. The molecule has 0 spiro atoms. The molecular weight excluding hydrogens is 679 g/mol. The highest BCUT2D eigenvalue weighted by atomic mass is 35.5. The minimum absolute atomic E-state index is 0.129. The molecule has 0 aliphatic carbocycles. The molecule has 1 aromatic heterocycles. The van der Waals surface area contributed by atoms with Crippen LogP contribution < -0.4 is 19.4 Å². The van der Waals surface area contributed by atoms with Gasteiger partial charge in [0.05, 0.1) is 37.6 Å². The Labute approximate surface area is 301 Å². The Kier molecular flexibility index (Phi) is 11.1. The van der Waals surface area contributed by atoms with Crippen LogP contribution in [0.2, 0.25) is 10.0 Å². The van der Waals surface area contributed by atoms with Crippen LogP contribution in [0.15, 0.2) is 79.1 Å². The molecule has 2 bridgehead atoms. The summed E-state index contributed by atoms with van der Waals surface area (Å²) >= 11 is 13.0. The minimum Gasteiger partial charge on any atom is -0.493 e. The zero-order chi connectivity index (χ0) is 35.2. The zero-order valence-electron chi connectivity index (χ0n) is 27.7. The number of piperidine rings is 3. The molecular formula is C38H37Cl2N4O6+. The normalized spacial score (nSPS) is 18.4. The Balaban J connectivity index is 1.23. The van der Waals surface area contributed by atoms with Crippen LogP contribution >= 0.6 is 23.2 Å². The van der Waals surface area contributed by atoms with Crippen molar-refractivity contribution in [1.82, 2.24) is 4.90 Å². The van der Waals surface area contributed by atoms with E-state index in [1.54, 1.807) is 86.2 Å². The number of aromatic amines is 1. The molecule has 258 valence electrons. The van der Waals surface area contributed by atoms with Crippen LogP contribution in [0.5, 0.6) is 11.5 Å². The number of esters is 1. The van der Waals surface area contributed by atoms with Crippen molar-refractivity contribution in [2.24, 2.45) is 5.92 Å². The topological polar surface area (TPSA) is 115 Å². The summed E-state index contributed by atoms with van der Waals surface area (Å²) in [6.45, 7) is 2.89. The molecule has 3 aliphatic heterocycles. The predicted octanol–water partition coefficient (Wildman–Crippen LogP) is 7.07. The van der Waals surface area contributed by atoms with Crippen LogP contribution in [0.25, 0.3) is 0 Å². The first kappa shape index (κ1) is 35.0. The van der Waals surface area contributed by atoms with Gasteiger partial charge in [-0.2, -0.15) is 5.26 Å². The van der Waals surface area contributed by atoms with Crippen LogP contribution in [-0.2, 0) is 22.4 Å². The number of ether oxygens (including phenoxy) is 4. The summed E-state index contributed by atoms with van der Waals surface area (Å²) in [5.41, 5.74) is 3.11. The smallest absolute Gasteiger partial charge is 0.414 e. The summed E-state index contributed by atoms with van der Waals surface area (Å²) < 4.78 is 23.1. The number of aromatic nitrogens is 1. The number of benzene rings is 3. The first-order valence-corrected chi connectivity index (χ1v) is 17.1. The first-order chi connectivity index (χ1) is 24.3. The van der Waals surface area contributed by atoms with Crippen molar-refractivity contribution in [1.29, 1.82) is 5.26 Å². The van der Waals surface area contributed by atoms with Crippen molar-refractivity contribution in [3.05, 3.63) is 117 Å². The molecule has 4 aromatic rings. The number of hydrogen-bond acceptors (Lipinski definition) is 8. The van der Waals surface area contributed by atoms with Crippen LogP contribution in [0.4, 0.5) is 10.5 Å². The molecule has 12 heteroatoms. The van der Waals surface area contributed by atoms with E-state index in [0.717, 1.165) is 31.5 Å². The number of halogens is 2. The maximum atomic E-state index is 13.7. The Morgan fingerprint density at radius 3 is 2.32 bits per heavy atom. The maximum absolute atomic E-state index is 13.7. The molecule has 3 saturated heterocycles. The van der Waals surface area contributed by atoms with Gasteiger partial charge in [0.25, 0.3) is 0 Å². The molecule has 3 aliphatic rings. The number of fused-ring (bicyclic) bond motifs is 3. The van der Waals surface area contributed by atoms with Gasteiger partial charge in [-0.3, -0.25) is 9.80 Å². The monoisotopic (exact) mass is 715 g/mol. The van der Waals surface area contributed by atoms with Gasteiger partial charge in [-0.15, -0.1) is 0 Å². The fourth-order valence-corrected chi connectivity index (χ4v) is 7.08. The van der Waals surface area contributed by atoms with Gasteiger partial charge in [-0.1, -0.05) is 53.5 Å². The van der Waals surface area contributed by atoms with Crippen LogP contribution in [0.1, 0.15) is 51.6 Å². The van der Waals surface area contributed by atoms with E-state index < -0.39 is 18.2 Å². The van der Waals surface area contributed by atoms with Crippen molar-refractivity contribution in [2.45, 2.75) is 38.0 Å². The quantitative estimate of drug-likeness (QED) is 0.151. The van der Waals surface area contributed by atoms with E-state index >= 15 is 0 Å². The van der Waals surface area contributed by atoms with Crippen molar-refractivity contribution >= 4 is 41.0 Å². The van der Waals surface area contributed by atoms with Gasteiger partial charge in [-0.05, 0) is 79.4 Å². The van der Waals surface area contributed by atoms with Crippen LogP contribution in [0, 0.1) is 17.2 Å². The van der Waals surface area contributed by atoms with E-state index in [9.17, 15) is 14.9 Å². The number of H-pyrrole nitrogens is 1. The number of hydrogen-bond donors (Lipinski definition) is 0. The number of amides is 1. The first-order valence-electron chi connectivity index (χ1n) is 16.3. The van der Waals surface area contributed by atoms with Crippen LogP contribution in [0.3, 0.4) is 0 Å². The molecule has 1 amide bonds. The molecule has 10 nitrogen and oxygen atoms in total. The Morgan fingerprint density at radius 2 is 1.68 bits per heavy atom. The lowest BCUT2D eigenvalue weighted by molar-refractivity contribution is -0.377. The summed E-state index contributed by atoms with van der Waals surface area (Å²) in [6.07, 6.45) is 3.93. The SMILES string of the molecule is COc1ccc([C@H](Cc2c(Cl)c[nH+]cc2Cl)OC(=O)c2ccc(CN(C(=O)O[C@H]3CN4CCC3CC4)c3ccccc3C#N)cc2)cc1OC. The van der Waals surface area contributed by atoms with Crippen molar-refractivity contribution in [2.75, 3.05) is 38.8 Å². The molecule has 0 radical (unpaired) electrons. The third-order valence-corrected chi connectivity index (χ3v) is 10.0. The standard InChI is InChI=1S/C38H36Cl2N4O6/c1-47-33-12-11-27(17-35(33)48-2)34(18-29-30(39)20-42-21-31(29)40)49-37(45)26-9-7-24(8-10-26)22-44(32-6-4-3-5-28(32)19-41)38(46)50-36-23-43-15-13-25(36)14-16-43/h3-12,17,20-21,25,34,36H,13-16,18,22-23H2,1-2H3/p+1/t34-,36-/m0/s1. The summed E-state index contributed by atoms with van der Waals surface area (Å²) in [4.78, 5) is 34.1. The van der Waals surface area contributed by atoms with Crippen molar-refractivity contribution < 1.29 is 33.5 Å². The number of nitrogens with one attached hydrogen (secondary N) is 1. The molecule has 3 aromatic carbocycles. The lowest BCUT2D eigenvalue weighted by Gasteiger charge is -2.44. The number of pyridine rings is 1. The predicted molar refractivity (Wildman–Crippen MR) is 188 cm³/mol. The van der Waals surface area contributed by atoms with Crippen molar-refractivity contribution in [3.63, 3.8) is 0 Å². The fraction of sp³-hybridized carbons (Fsp3) is 0.316. The number of methoxy groups -OCH3 is 2. The van der Waals surface area contributed by atoms with Gasteiger partial charge in [0.1, 0.15) is 28.3 Å². The second kappa shape index (κ2) is 15.8. The number of para-hydroxylation sites is 1. The largest absolute Gasteiger partial charge is 0.493 e. The van der Waals surface area contributed by atoms with E-state index in [4.69, 9.17) is 42.1 Å². The molecule has 7 rings (SSSR count). The summed E-state index contributed by atoms with van der Waals surface area (Å²) in [7, 11) is 3.07. The third-order valence-electron chi connectivity index (χ3n) is 9.33. The van der Waals surface area contributed by atoms with Gasteiger partial charge in [0.2, 0.25) is 0 Å². The Morgan fingerprint density at radius 1 is 0.980 bits per heavy atom. The van der Waals surface area contributed by atoms with E-state index in [-0.39, 0.29) is 19.1 Å². The lowest BCUT2D eigenvalue weighted by Crippen LogP contribution is -2.53. The molecule has 2 atom stereocenters. The number of carbonyl (C=O) groups excluding carboxylic acids is 2. The number of carbonyl (C=O) groups is 2. The van der Waals surface area contributed by atoms with Gasteiger partial charge in [-0.25, -0.2) is 14.6 Å². The molecule has 0 saturated carbocycles. The second-order valence-electron chi connectivity index (χ2n) is 12.3. The molecule has 3 fully saturated rings. The Bertz CT molecular complexity index is 1870. The minimum atomic E-state index is -0.779.